The van der Waals surface area contributed by atoms with Crippen LogP contribution in [0.4, 0.5) is 0 Å². The molecule has 4 nitrogen and oxygen atoms in total. The molecule has 0 spiro atoms. The minimum atomic E-state index is 0.0858. The molecule has 1 unspecified atom stereocenters. The third kappa shape index (κ3) is 3.41. The molecule has 1 saturated heterocycles. The van der Waals surface area contributed by atoms with E-state index < -0.39 is 0 Å². The van der Waals surface area contributed by atoms with Gasteiger partial charge in [0.1, 0.15) is 0 Å². The van der Waals surface area contributed by atoms with Crippen LogP contribution in [0.1, 0.15) is 12.8 Å². The summed E-state index contributed by atoms with van der Waals surface area (Å²) in [5, 5.41) is 3.42. The van der Waals surface area contributed by atoms with Crippen molar-refractivity contribution in [2.24, 2.45) is 0 Å². The Kier molecular flexibility index (Phi) is 4.34. The van der Waals surface area contributed by atoms with Crippen molar-refractivity contribution in [2.75, 3.05) is 26.7 Å². The smallest absolute Gasteiger partial charge is 0.250 e. The Balaban J connectivity index is 1.85. The molecule has 0 saturated carbocycles. The molecule has 4 heteroatoms. The first kappa shape index (κ1) is 12.3. The van der Waals surface area contributed by atoms with Crippen LogP contribution >= 0.6 is 0 Å². The van der Waals surface area contributed by atoms with Crippen molar-refractivity contribution in [3.8, 4) is 0 Å². The highest BCUT2D eigenvalue weighted by atomic mass is 16.1. The second-order valence-electron chi connectivity index (χ2n) is 4.71. The number of aromatic nitrogens is 1. The average Bonchev–Trinajstić information content (AvgIpc) is 2.38. The van der Waals surface area contributed by atoms with E-state index in [9.17, 15) is 4.79 Å². The highest BCUT2D eigenvalue weighted by Crippen LogP contribution is 2.07. The number of likely N-dealkylation sites (N-methyl/N-ethyl adjacent to an activating group) is 1. The van der Waals surface area contributed by atoms with Gasteiger partial charge in [-0.05, 0) is 32.5 Å². The molecule has 0 bridgehead atoms. The Labute approximate surface area is 102 Å². The van der Waals surface area contributed by atoms with Crippen molar-refractivity contribution in [2.45, 2.75) is 25.4 Å². The van der Waals surface area contributed by atoms with Crippen LogP contribution in [0.25, 0.3) is 0 Å². The van der Waals surface area contributed by atoms with E-state index in [0.29, 0.717) is 6.04 Å². The Morgan fingerprint density at radius 1 is 1.53 bits per heavy atom. The molecule has 0 aromatic carbocycles. The second kappa shape index (κ2) is 5.98. The van der Waals surface area contributed by atoms with Gasteiger partial charge in [0, 0.05) is 37.9 Å². The normalized spacial score (nSPS) is 20.7. The third-order valence-electron chi connectivity index (χ3n) is 3.49. The Hall–Kier alpha value is -1.13. The van der Waals surface area contributed by atoms with Gasteiger partial charge in [0.05, 0.1) is 0 Å². The molecule has 1 aliphatic rings. The zero-order valence-electron chi connectivity index (χ0n) is 10.4. The summed E-state index contributed by atoms with van der Waals surface area (Å²) in [6.45, 7) is 3.91. The molecular weight excluding hydrogens is 214 g/mol. The maximum Gasteiger partial charge on any atom is 0.250 e. The topological polar surface area (TPSA) is 37.3 Å². The van der Waals surface area contributed by atoms with Gasteiger partial charge < -0.3 is 14.8 Å². The quantitative estimate of drug-likeness (QED) is 0.827. The van der Waals surface area contributed by atoms with Crippen LogP contribution in [0, 0.1) is 0 Å². The molecule has 1 fully saturated rings. The van der Waals surface area contributed by atoms with E-state index in [4.69, 9.17) is 0 Å². The number of hydrogen-bond donors (Lipinski definition) is 1. The molecule has 0 aliphatic carbocycles. The summed E-state index contributed by atoms with van der Waals surface area (Å²) < 4.78 is 1.77. The lowest BCUT2D eigenvalue weighted by Crippen LogP contribution is -2.45. The van der Waals surface area contributed by atoms with Crippen molar-refractivity contribution in [1.29, 1.82) is 0 Å². The van der Waals surface area contributed by atoms with Gasteiger partial charge in [0.15, 0.2) is 0 Å². The molecule has 2 heterocycles. The summed E-state index contributed by atoms with van der Waals surface area (Å²) in [5.74, 6) is 0. The highest BCUT2D eigenvalue weighted by molar-refractivity contribution is 4.93. The van der Waals surface area contributed by atoms with Gasteiger partial charge >= 0.3 is 0 Å². The number of rotatable bonds is 4. The van der Waals surface area contributed by atoms with Gasteiger partial charge in [-0.2, -0.15) is 0 Å². The fraction of sp³-hybridized carbons (Fsp3) is 0.615. The molecule has 2 rings (SSSR count). The predicted molar refractivity (Wildman–Crippen MR) is 69.2 cm³/mol. The standard InChI is InChI=1S/C13H21N3O/c1-15(12-5-4-7-14-11-12)9-10-16-8-3-2-6-13(16)17/h2-3,6,8,12,14H,4-5,7,9-11H2,1H3. The van der Waals surface area contributed by atoms with E-state index in [1.54, 1.807) is 16.7 Å². The molecule has 1 N–H and O–H groups in total. The van der Waals surface area contributed by atoms with Crippen LogP contribution in [-0.2, 0) is 6.54 Å². The van der Waals surface area contributed by atoms with Crippen LogP contribution in [0.15, 0.2) is 29.2 Å². The van der Waals surface area contributed by atoms with Crippen LogP contribution in [-0.4, -0.2) is 42.2 Å². The minimum absolute atomic E-state index is 0.0858. The fourth-order valence-electron chi connectivity index (χ4n) is 2.30. The molecule has 1 aromatic rings. The molecule has 1 aromatic heterocycles. The van der Waals surface area contributed by atoms with Crippen molar-refractivity contribution in [3.63, 3.8) is 0 Å². The first-order valence-electron chi connectivity index (χ1n) is 6.34. The average molecular weight is 235 g/mol. The van der Waals surface area contributed by atoms with Crippen LogP contribution in [0.5, 0.6) is 0 Å². The molecule has 1 atom stereocenters. The van der Waals surface area contributed by atoms with Gasteiger partial charge in [0.2, 0.25) is 0 Å². The minimum Gasteiger partial charge on any atom is -0.315 e. The lowest BCUT2D eigenvalue weighted by atomic mass is 10.1. The first-order chi connectivity index (χ1) is 8.27. The summed E-state index contributed by atoms with van der Waals surface area (Å²) in [6, 6.07) is 5.92. The Morgan fingerprint density at radius 3 is 3.12 bits per heavy atom. The number of nitrogens with one attached hydrogen (secondary N) is 1. The highest BCUT2D eigenvalue weighted by Gasteiger charge is 2.17. The summed E-state index contributed by atoms with van der Waals surface area (Å²) in [6.07, 6.45) is 4.36. The molecular formula is C13H21N3O. The summed E-state index contributed by atoms with van der Waals surface area (Å²) in [7, 11) is 2.14. The first-order valence-corrected chi connectivity index (χ1v) is 6.34. The maximum atomic E-state index is 11.5. The Morgan fingerprint density at radius 2 is 2.41 bits per heavy atom. The molecule has 17 heavy (non-hydrogen) atoms. The van der Waals surface area contributed by atoms with E-state index in [2.05, 4.69) is 17.3 Å². The van der Waals surface area contributed by atoms with Crippen molar-refractivity contribution < 1.29 is 0 Å². The van der Waals surface area contributed by atoms with E-state index in [1.807, 2.05) is 12.3 Å². The van der Waals surface area contributed by atoms with E-state index in [0.717, 1.165) is 26.2 Å². The number of nitrogens with zero attached hydrogens (tertiary/aromatic N) is 2. The van der Waals surface area contributed by atoms with E-state index in [1.165, 1.54) is 12.8 Å². The zero-order valence-corrected chi connectivity index (χ0v) is 10.4. The van der Waals surface area contributed by atoms with Crippen LogP contribution in [0.2, 0.25) is 0 Å². The van der Waals surface area contributed by atoms with Gasteiger partial charge in [0.25, 0.3) is 5.56 Å². The lowest BCUT2D eigenvalue weighted by molar-refractivity contribution is 0.196. The van der Waals surface area contributed by atoms with Gasteiger partial charge in [-0.3, -0.25) is 4.79 Å². The number of hydrogen-bond acceptors (Lipinski definition) is 3. The van der Waals surface area contributed by atoms with E-state index >= 15 is 0 Å². The SMILES string of the molecule is CN(CCn1ccccc1=O)C1CCCNC1. The van der Waals surface area contributed by atoms with E-state index in [-0.39, 0.29) is 5.56 Å². The Bertz CT molecular complexity index is 396. The van der Waals surface area contributed by atoms with Gasteiger partial charge in [-0.1, -0.05) is 6.07 Å². The predicted octanol–water partition coefficient (Wildman–Crippen LogP) is 0.532. The number of piperidine rings is 1. The van der Waals surface area contributed by atoms with Crippen molar-refractivity contribution in [3.05, 3.63) is 34.7 Å². The van der Waals surface area contributed by atoms with Crippen LogP contribution < -0.4 is 10.9 Å². The third-order valence-corrected chi connectivity index (χ3v) is 3.49. The maximum absolute atomic E-state index is 11.5. The molecule has 94 valence electrons. The van der Waals surface area contributed by atoms with Gasteiger partial charge in [-0.25, -0.2) is 0 Å². The van der Waals surface area contributed by atoms with Crippen molar-refractivity contribution >= 4 is 0 Å². The molecule has 1 aliphatic heterocycles. The number of pyridine rings is 1. The summed E-state index contributed by atoms with van der Waals surface area (Å²) >= 11 is 0. The lowest BCUT2D eigenvalue weighted by Gasteiger charge is -2.31. The summed E-state index contributed by atoms with van der Waals surface area (Å²) in [5.41, 5.74) is 0.0858. The largest absolute Gasteiger partial charge is 0.315 e. The van der Waals surface area contributed by atoms with Crippen molar-refractivity contribution in [1.82, 2.24) is 14.8 Å². The summed E-state index contributed by atoms with van der Waals surface area (Å²) in [4.78, 5) is 13.9. The molecule has 0 amide bonds. The molecule has 0 radical (unpaired) electrons. The van der Waals surface area contributed by atoms with Gasteiger partial charge in [-0.15, -0.1) is 0 Å². The van der Waals surface area contributed by atoms with Crippen LogP contribution in [0.3, 0.4) is 0 Å². The zero-order chi connectivity index (χ0) is 12.1. The second-order valence-corrected chi connectivity index (χ2v) is 4.71. The fourth-order valence-corrected chi connectivity index (χ4v) is 2.30. The monoisotopic (exact) mass is 235 g/mol.